The third-order valence-corrected chi connectivity index (χ3v) is 3.58. The van der Waals surface area contributed by atoms with E-state index in [0.29, 0.717) is 18.0 Å². The molecule has 0 aliphatic heterocycles. The lowest BCUT2D eigenvalue weighted by atomic mass is 10.2. The van der Waals surface area contributed by atoms with Gasteiger partial charge in [-0.25, -0.2) is 4.98 Å². The maximum atomic E-state index is 11.2. The second kappa shape index (κ2) is 7.89. The van der Waals surface area contributed by atoms with Gasteiger partial charge in [0.25, 0.3) is 0 Å². The van der Waals surface area contributed by atoms with E-state index in [1.54, 1.807) is 36.2 Å². The van der Waals surface area contributed by atoms with Crippen LogP contribution in [0.5, 0.6) is 0 Å². The van der Waals surface area contributed by atoms with Gasteiger partial charge in [0, 0.05) is 30.3 Å². The molecule has 0 radical (unpaired) electrons. The summed E-state index contributed by atoms with van der Waals surface area (Å²) in [7, 11) is 1.74. The van der Waals surface area contributed by atoms with E-state index in [1.165, 1.54) is 6.20 Å². The van der Waals surface area contributed by atoms with Crippen molar-refractivity contribution in [3.63, 3.8) is 0 Å². The first-order valence-corrected chi connectivity index (χ1v) is 7.75. The van der Waals surface area contributed by atoms with E-state index in [1.807, 2.05) is 6.92 Å². The van der Waals surface area contributed by atoms with Gasteiger partial charge in [-0.05, 0) is 37.6 Å². The molecule has 1 unspecified atom stereocenters. The quantitative estimate of drug-likeness (QED) is 0.583. The number of nitro groups is 1. The molecular formula is C15H19ClN6O2. The van der Waals surface area contributed by atoms with E-state index < -0.39 is 4.92 Å². The molecule has 1 aromatic heterocycles. The topological polar surface area (TPSA) is 110 Å². The zero-order valence-corrected chi connectivity index (χ0v) is 14.2. The van der Waals surface area contributed by atoms with Crippen molar-refractivity contribution in [2.45, 2.75) is 19.4 Å². The molecule has 0 saturated heterocycles. The lowest BCUT2D eigenvalue weighted by Gasteiger charge is -2.19. The lowest BCUT2D eigenvalue weighted by molar-refractivity contribution is -0.384. The van der Waals surface area contributed by atoms with Gasteiger partial charge in [-0.3, -0.25) is 10.1 Å². The lowest BCUT2D eigenvalue weighted by Crippen LogP contribution is -2.27. The Morgan fingerprint density at radius 3 is 2.67 bits per heavy atom. The number of rotatable bonds is 7. The van der Waals surface area contributed by atoms with Crippen molar-refractivity contribution in [3.8, 4) is 0 Å². The Balaban J connectivity index is 2.26. The first-order chi connectivity index (χ1) is 11.4. The summed E-state index contributed by atoms with van der Waals surface area (Å²) in [6.45, 7) is 2.44. The van der Waals surface area contributed by atoms with E-state index in [2.05, 4.69) is 15.3 Å². The van der Waals surface area contributed by atoms with E-state index in [0.717, 1.165) is 5.69 Å². The van der Waals surface area contributed by atoms with Crippen molar-refractivity contribution in [1.82, 2.24) is 9.97 Å². The predicted molar refractivity (Wildman–Crippen MR) is 95.0 cm³/mol. The number of nitrogens with zero attached hydrogens (tertiary/aromatic N) is 4. The van der Waals surface area contributed by atoms with Crippen LogP contribution in [0.2, 0.25) is 5.02 Å². The summed E-state index contributed by atoms with van der Waals surface area (Å²) in [4.78, 5) is 20.7. The summed E-state index contributed by atoms with van der Waals surface area (Å²) in [5.41, 5.74) is 6.33. The molecule has 0 amide bonds. The van der Waals surface area contributed by atoms with E-state index in [9.17, 15) is 10.1 Å². The molecule has 1 aromatic carbocycles. The van der Waals surface area contributed by atoms with Crippen molar-refractivity contribution in [2.75, 3.05) is 23.8 Å². The standard InChI is InChI=1S/C15H19ClN6O2/c1-10(17)7-8-21(2)14-13(22(23)24)9-18-15(20-14)19-12-5-3-11(16)4-6-12/h3-6,9-10H,7-8,17H2,1-2H3,(H,18,19,20). The van der Waals surface area contributed by atoms with Crippen LogP contribution in [0.1, 0.15) is 13.3 Å². The molecule has 8 nitrogen and oxygen atoms in total. The zero-order valence-electron chi connectivity index (χ0n) is 13.4. The summed E-state index contributed by atoms with van der Waals surface area (Å²) in [5.74, 6) is 0.512. The Morgan fingerprint density at radius 1 is 1.42 bits per heavy atom. The van der Waals surface area contributed by atoms with Gasteiger partial charge in [-0.15, -0.1) is 0 Å². The van der Waals surface area contributed by atoms with E-state index >= 15 is 0 Å². The summed E-state index contributed by atoms with van der Waals surface area (Å²) >= 11 is 5.85. The van der Waals surface area contributed by atoms with Crippen LogP contribution in [-0.4, -0.2) is 34.5 Å². The molecule has 3 N–H and O–H groups in total. The molecule has 2 aromatic rings. The Labute approximate surface area is 144 Å². The largest absolute Gasteiger partial charge is 0.354 e. The van der Waals surface area contributed by atoms with Crippen LogP contribution in [0, 0.1) is 10.1 Å². The van der Waals surface area contributed by atoms with Gasteiger partial charge < -0.3 is 16.0 Å². The van der Waals surface area contributed by atoms with Crippen LogP contribution in [0.25, 0.3) is 0 Å². The Bertz CT molecular complexity index is 708. The molecule has 1 atom stereocenters. The van der Waals surface area contributed by atoms with Gasteiger partial charge in [-0.2, -0.15) is 4.98 Å². The molecule has 2 rings (SSSR count). The summed E-state index contributed by atoms with van der Waals surface area (Å²) in [6.07, 6.45) is 1.89. The van der Waals surface area contributed by atoms with Gasteiger partial charge in [0.15, 0.2) is 0 Å². The van der Waals surface area contributed by atoms with Crippen molar-refractivity contribution in [3.05, 3.63) is 45.6 Å². The first kappa shape index (κ1) is 17.9. The minimum Gasteiger partial charge on any atom is -0.354 e. The first-order valence-electron chi connectivity index (χ1n) is 7.37. The fourth-order valence-electron chi connectivity index (χ4n) is 2.00. The van der Waals surface area contributed by atoms with Crippen LogP contribution in [-0.2, 0) is 0 Å². The molecule has 9 heteroatoms. The minimum atomic E-state index is -0.496. The molecule has 0 aliphatic carbocycles. The van der Waals surface area contributed by atoms with Crippen molar-refractivity contribution < 1.29 is 4.92 Å². The third-order valence-electron chi connectivity index (χ3n) is 3.33. The number of nitrogens with one attached hydrogen (secondary N) is 1. The van der Waals surface area contributed by atoms with Gasteiger partial charge in [0.2, 0.25) is 11.8 Å². The van der Waals surface area contributed by atoms with Crippen LogP contribution < -0.4 is 16.0 Å². The fourth-order valence-corrected chi connectivity index (χ4v) is 2.13. The summed E-state index contributed by atoms with van der Waals surface area (Å²) < 4.78 is 0. The SMILES string of the molecule is CC(N)CCN(C)c1nc(Nc2ccc(Cl)cc2)ncc1[N+](=O)[O-]. The summed E-state index contributed by atoms with van der Waals surface area (Å²) in [5, 5.41) is 14.8. The smallest absolute Gasteiger partial charge is 0.329 e. The summed E-state index contributed by atoms with van der Waals surface area (Å²) in [6, 6.07) is 7.00. The van der Waals surface area contributed by atoms with Gasteiger partial charge in [0.1, 0.15) is 6.20 Å². The highest BCUT2D eigenvalue weighted by Gasteiger charge is 2.21. The Morgan fingerprint density at radius 2 is 2.08 bits per heavy atom. The second-order valence-corrected chi connectivity index (χ2v) is 5.92. The number of benzene rings is 1. The van der Waals surface area contributed by atoms with Crippen molar-refractivity contribution >= 4 is 34.7 Å². The highest BCUT2D eigenvalue weighted by molar-refractivity contribution is 6.30. The predicted octanol–water partition coefficient (Wildman–Crippen LogP) is 2.96. The molecule has 1 heterocycles. The zero-order chi connectivity index (χ0) is 17.7. The highest BCUT2D eigenvalue weighted by Crippen LogP contribution is 2.26. The number of hydrogen-bond acceptors (Lipinski definition) is 7. The monoisotopic (exact) mass is 350 g/mol. The molecule has 128 valence electrons. The third kappa shape index (κ3) is 4.77. The van der Waals surface area contributed by atoms with Crippen LogP contribution in [0.15, 0.2) is 30.5 Å². The van der Waals surface area contributed by atoms with Crippen LogP contribution in [0.3, 0.4) is 0 Å². The van der Waals surface area contributed by atoms with Gasteiger partial charge in [0.05, 0.1) is 4.92 Å². The van der Waals surface area contributed by atoms with Crippen LogP contribution in [0.4, 0.5) is 23.1 Å². The highest BCUT2D eigenvalue weighted by atomic mass is 35.5. The molecule has 0 aliphatic rings. The normalized spacial score (nSPS) is 11.8. The number of anilines is 3. The molecule has 0 bridgehead atoms. The maximum Gasteiger partial charge on any atom is 0.329 e. The minimum absolute atomic E-state index is 0.00000561. The van der Waals surface area contributed by atoms with Crippen molar-refractivity contribution in [2.24, 2.45) is 5.73 Å². The van der Waals surface area contributed by atoms with Gasteiger partial charge in [-0.1, -0.05) is 11.6 Å². The maximum absolute atomic E-state index is 11.2. The fraction of sp³-hybridized carbons (Fsp3) is 0.333. The number of halogens is 1. The Hall–Kier alpha value is -2.45. The van der Waals surface area contributed by atoms with Crippen LogP contribution >= 0.6 is 11.6 Å². The number of aromatic nitrogens is 2. The second-order valence-electron chi connectivity index (χ2n) is 5.48. The molecule has 0 saturated carbocycles. The van der Waals surface area contributed by atoms with Gasteiger partial charge >= 0.3 is 5.69 Å². The molecule has 0 spiro atoms. The average Bonchev–Trinajstić information content (AvgIpc) is 2.54. The number of nitrogens with two attached hydrogens (primary N) is 1. The van der Waals surface area contributed by atoms with Crippen molar-refractivity contribution in [1.29, 1.82) is 0 Å². The molecule has 24 heavy (non-hydrogen) atoms. The van der Waals surface area contributed by atoms with E-state index in [-0.39, 0.29) is 23.5 Å². The molecular weight excluding hydrogens is 332 g/mol. The average molecular weight is 351 g/mol. The number of hydrogen-bond donors (Lipinski definition) is 2. The van der Waals surface area contributed by atoms with E-state index in [4.69, 9.17) is 17.3 Å². The molecule has 0 fully saturated rings. The Kier molecular flexibility index (Phi) is 5.88.